The normalized spacial score (nSPS) is 13.4. The molecule has 0 spiro atoms. The summed E-state index contributed by atoms with van der Waals surface area (Å²) in [6, 6.07) is -0.743. The molecule has 0 radical (unpaired) electrons. The van der Waals surface area contributed by atoms with Gasteiger partial charge < -0.3 is 9.84 Å². The van der Waals surface area contributed by atoms with Crippen molar-refractivity contribution in [1.82, 2.24) is 4.90 Å². The maximum Gasteiger partial charge on any atom is 0.408 e. The molecule has 1 amide bonds. The molecule has 88 valence electrons. The van der Waals surface area contributed by atoms with Gasteiger partial charge in [0.15, 0.2) is 5.78 Å². The van der Waals surface area contributed by atoms with E-state index in [1.54, 1.807) is 20.8 Å². The third kappa shape index (κ3) is 3.87. The van der Waals surface area contributed by atoms with Gasteiger partial charge in [-0.15, -0.1) is 0 Å². The molecule has 0 aromatic carbocycles. The van der Waals surface area contributed by atoms with Gasteiger partial charge in [0.25, 0.3) is 0 Å². The lowest BCUT2D eigenvalue weighted by Gasteiger charge is -2.38. The number of ether oxygens (including phenoxy) is 1. The van der Waals surface area contributed by atoms with Crippen LogP contribution in [0.5, 0.6) is 0 Å². The Morgan fingerprint density at radius 1 is 1.40 bits per heavy atom. The van der Waals surface area contributed by atoms with E-state index in [2.05, 4.69) is 0 Å². The molecule has 0 fully saturated rings. The smallest absolute Gasteiger partial charge is 0.408 e. The predicted molar refractivity (Wildman–Crippen MR) is 56.0 cm³/mol. The van der Waals surface area contributed by atoms with E-state index in [0.717, 1.165) is 4.90 Å². The Labute approximate surface area is 90.0 Å². The summed E-state index contributed by atoms with van der Waals surface area (Å²) >= 11 is 0. The van der Waals surface area contributed by atoms with E-state index >= 15 is 0 Å². The second-order valence-electron chi connectivity index (χ2n) is 4.41. The van der Waals surface area contributed by atoms with Crippen LogP contribution >= 0.6 is 0 Å². The fraction of sp³-hybridized carbons (Fsp3) is 0.800. The van der Waals surface area contributed by atoms with Gasteiger partial charge in [-0.25, -0.2) is 4.79 Å². The number of hydrogen-bond donors (Lipinski definition) is 1. The number of hydrogen-bond acceptors (Lipinski definition) is 3. The Morgan fingerprint density at radius 3 is 2.07 bits per heavy atom. The van der Waals surface area contributed by atoms with Crippen LogP contribution in [0.25, 0.3) is 0 Å². The van der Waals surface area contributed by atoms with Crippen molar-refractivity contribution in [2.24, 2.45) is 0 Å². The molecule has 5 nitrogen and oxygen atoms in total. The van der Waals surface area contributed by atoms with E-state index in [1.807, 2.05) is 0 Å². The van der Waals surface area contributed by atoms with Crippen LogP contribution in [0.2, 0.25) is 0 Å². The second-order valence-corrected chi connectivity index (χ2v) is 4.41. The molecule has 0 bridgehead atoms. The quantitative estimate of drug-likeness (QED) is 0.772. The van der Waals surface area contributed by atoms with E-state index < -0.39 is 17.7 Å². The Kier molecular flexibility index (Phi) is 4.74. The number of amides is 1. The fourth-order valence-corrected chi connectivity index (χ4v) is 1.42. The second kappa shape index (κ2) is 5.11. The lowest BCUT2D eigenvalue weighted by Crippen LogP contribution is -2.55. The number of nitrogens with zero attached hydrogens (tertiary/aromatic N) is 1. The van der Waals surface area contributed by atoms with Crippen LogP contribution in [0.1, 0.15) is 27.7 Å². The molecule has 0 aliphatic carbocycles. The molecular formula is C10H19NO4. The van der Waals surface area contributed by atoms with Crippen molar-refractivity contribution in [1.29, 1.82) is 0 Å². The van der Waals surface area contributed by atoms with Crippen LogP contribution in [0.4, 0.5) is 4.79 Å². The van der Waals surface area contributed by atoms with Crippen LogP contribution in [0.3, 0.4) is 0 Å². The van der Waals surface area contributed by atoms with E-state index in [9.17, 15) is 9.59 Å². The van der Waals surface area contributed by atoms with Gasteiger partial charge in [0, 0.05) is 12.6 Å². The molecule has 5 heteroatoms. The Bertz CT molecular complexity index is 244. The zero-order valence-electron chi connectivity index (χ0n) is 9.90. The first-order valence-electron chi connectivity index (χ1n) is 4.73. The summed E-state index contributed by atoms with van der Waals surface area (Å²) in [7, 11) is 1.44. The Hall–Kier alpha value is -1.10. The first-order chi connectivity index (χ1) is 6.71. The van der Waals surface area contributed by atoms with Crippen molar-refractivity contribution in [3.05, 3.63) is 0 Å². The number of carboxylic acid groups (broad SMARTS) is 1. The number of methoxy groups -OCH3 is 1. The molecule has 0 aromatic rings. The van der Waals surface area contributed by atoms with E-state index in [0.29, 0.717) is 0 Å². The topological polar surface area (TPSA) is 66.8 Å². The Balaban J connectivity index is 5.02. The summed E-state index contributed by atoms with van der Waals surface area (Å²) in [5.74, 6) is -0.214. The van der Waals surface area contributed by atoms with Crippen LogP contribution in [0.15, 0.2) is 0 Å². The first-order valence-corrected chi connectivity index (χ1v) is 4.73. The summed E-state index contributed by atoms with van der Waals surface area (Å²) in [5.41, 5.74) is -0.624. The zero-order chi connectivity index (χ0) is 12.2. The molecule has 1 N–H and O–H groups in total. The summed E-state index contributed by atoms with van der Waals surface area (Å²) in [4.78, 5) is 23.6. The number of ketones is 1. The van der Waals surface area contributed by atoms with Crippen molar-refractivity contribution in [2.45, 2.75) is 39.3 Å². The van der Waals surface area contributed by atoms with E-state index in [1.165, 1.54) is 14.0 Å². The summed E-state index contributed by atoms with van der Waals surface area (Å²) in [6.07, 6.45) is -1.11. The van der Waals surface area contributed by atoms with Crippen molar-refractivity contribution in [3.8, 4) is 0 Å². The Morgan fingerprint density at radius 2 is 1.87 bits per heavy atom. The number of rotatable bonds is 4. The van der Waals surface area contributed by atoms with Gasteiger partial charge in [-0.05, 0) is 27.7 Å². The highest BCUT2D eigenvalue weighted by Crippen LogP contribution is 2.18. The highest BCUT2D eigenvalue weighted by Gasteiger charge is 2.35. The largest absolute Gasteiger partial charge is 0.465 e. The number of Topliss-reactive ketones (excluding diaryl/α,β-unsaturated/α-hetero) is 1. The van der Waals surface area contributed by atoms with Gasteiger partial charge in [0.1, 0.15) is 6.04 Å². The van der Waals surface area contributed by atoms with Gasteiger partial charge in [-0.2, -0.15) is 0 Å². The molecule has 15 heavy (non-hydrogen) atoms. The maximum absolute atomic E-state index is 11.3. The summed E-state index contributed by atoms with van der Waals surface area (Å²) in [6.45, 7) is 6.68. The molecule has 0 aromatic heterocycles. The van der Waals surface area contributed by atoms with Crippen LogP contribution in [-0.4, -0.2) is 47.2 Å². The van der Waals surface area contributed by atoms with Crippen molar-refractivity contribution in [2.75, 3.05) is 13.7 Å². The van der Waals surface area contributed by atoms with Gasteiger partial charge in [0.05, 0.1) is 6.61 Å². The zero-order valence-corrected chi connectivity index (χ0v) is 9.90. The van der Waals surface area contributed by atoms with Crippen LogP contribution < -0.4 is 0 Å². The average Bonchev–Trinajstić information content (AvgIpc) is 1.99. The number of carbonyl (C=O) groups is 2. The minimum absolute atomic E-state index is 0.0822. The van der Waals surface area contributed by atoms with Crippen molar-refractivity contribution < 1.29 is 19.4 Å². The molecule has 0 saturated heterocycles. The van der Waals surface area contributed by atoms with Gasteiger partial charge in [-0.1, -0.05) is 0 Å². The van der Waals surface area contributed by atoms with Gasteiger partial charge in [0.2, 0.25) is 0 Å². The third-order valence-electron chi connectivity index (χ3n) is 2.03. The third-order valence-corrected chi connectivity index (χ3v) is 2.03. The van der Waals surface area contributed by atoms with Gasteiger partial charge >= 0.3 is 6.09 Å². The standard InChI is InChI=1S/C10H19NO4/c1-7(12)8(6-15-5)11(9(13)14)10(2,3)4/h8H,6H2,1-5H3,(H,13,14)/t8-/m1/s1. The average molecular weight is 217 g/mol. The molecule has 0 saturated carbocycles. The predicted octanol–water partition coefficient (Wildman–Crippen LogP) is 1.37. The van der Waals surface area contributed by atoms with Gasteiger partial charge in [-0.3, -0.25) is 9.69 Å². The lowest BCUT2D eigenvalue weighted by molar-refractivity contribution is -0.125. The highest BCUT2D eigenvalue weighted by molar-refractivity contribution is 5.85. The van der Waals surface area contributed by atoms with E-state index in [-0.39, 0.29) is 12.4 Å². The maximum atomic E-state index is 11.3. The fourth-order valence-electron chi connectivity index (χ4n) is 1.42. The SMILES string of the molecule is COC[C@H](C(C)=O)N(C(=O)O)C(C)(C)C. The lowest BCUT2D eigenvalue weighted by atomic mass is 10.0. The molecule has 1 atom stereocenters. The minimum atomic E-state index is -1.11. The highest BCUT2D eigenvalue weighted by atomic mass is 16.5. The molecule has 0 heterocycles. The van der Waals surface area contributed by atoms with Crippen LogP contribution in [0, 0.1) is 0 Å². The molecule has 0 aliphatic heterocycles. The molecule has 0 unspecified atom stereocenters. The van der Waals surface area contributed by atoms with Crippen molar-refractivity contribution in [3.63, 3.8) is 0 Å². The molecular weight excluding hydrogens is 198 g/mol. The first kappa shape index (κ1) is 13.9. The monoisotopic (exact) mass is 217 g/mol. The summed E-state index contributed by atoms with van der Waals surface area (Å²) < 4.78 is 4.87. The van der Waals surface area contributed by atoms with E-state index in [4.69, 9.17) is 9.84 Å². The minimum Gasteiger partial charge on any atom is -0.465 e. The number of carbonyl (C=O) groups excluding carboxylic acids is 1. The molecule has 0 aliphatic rings. The molecule has 0 rings (SSSR count). The van der Waals surface area contributed by atoms with Crippen molar-refractivity contribution >= 4 is 11.9 Å². The summed E-state index contributed by atoms with van der Waals surface area (Å²) in [5, 5.41) is 9.07. The van der Waals surface area contributed by atoms with Crippen LogP contribution in [-0.2, 0) is 9.53 Å².